The Bertz CT molecular complexity index is 980. The first-order chi connectivity index (χ1) is 13.2. The summed E-state index contributed by atoms with van der Waals surface area (Å²) in [7, 11) is -1.81. The summed E-state index contributed by atoms with van der Waals surface area (Å²) < 4.78 is 27.5. The highest BCUT2D eigenvalue weighted by Crippen LogP contribution is 2.27. The standard InChI is InChI=1S/C20H24ClN3O3S/c1-14-5-4-6-15(2)19(14)22-20(25)16-7-8-17(21)18(13-16)28(26,27)24-11-9-23(3)10-12-24/h4-8,13H,9-12H2,1-3H3,(H,22,25). The van der Waals surface area contributed by atoms with Crippen molar-refractivity contribution in [2.24, 2.45) is 0 Å². The van der Waals surface area contributed by atoms with Crippen LogP contribution in [0.25, 0.3) is 0 Å². The number of nitrogens with one attached hydrogen (secondary N) is 1. The lowest BCUT2D eigenvalue weighted by Crippen LogP contribution is -2.47. The van der Waals surface area contributed by atoms with Crippen molar-refractivity contribution in [3.63, 3.8) is 0 Å². The Hall–Kier alpha value is -1.93. The third kappa shape index (κ3) is 4.22. The molecule has 1 saturated heterocycles. The highest BCUT2D eigenvalue weighted by atomic mass is 35.5. The summed E-state index contributed by atoms with van der Waals surface area (Å²) in [6, 6.07) is 10.1. The zero-order chi connectivity index (χ0) is 20.5. The van der Waals surface area contributed by atoms with Crippen LogP contribution in [0.3, 0.4) is 0 Å². The van der Waals surface area contributed by atoms with E-state index in [4.69, 9.17) is 11.6 Å². The highest BCUT2D eigenvalue weighted by Gasteiger charge is 2.30. The Kier molecular flexibility index (Phi) is 6.09. The van der Waals surface area contributed by atoms with Gasteiger partial charge in [-0.1, -0.05) is 29.8 Å². The zero-order valence-electron chi connectivity index (χ0n) is 16.2. The molecule has 3 rings (SSSR count). The largest absolute Gasteiger partial charge is 0.322 e. The van der Waals surface area contributed by atoms with Gasteiger partial charge in [0.15, 0.2) is 0 Å². The summed E-state index contributed by atoms with van der Waals surface area (Å²) in [4.78, 5) is 14.8. The van der Waals surface area contributed by atoms with Gasteiger partial charge in [0, 0.05) is 37.4 Å². The fourth-order valence-corrected chi connectivity index (χ4v) is 5.13. The molecule has 28 heavy (non-hydrogen) atoms. The maximum absolute atomic E-state index is 13.0. The number of carbonyl (C=O) groups excluding carboxylic acids is 1. The van der Waals surface area contributed by atoms with Crippen LogP contribution in [0.4, 0.5) is 5.69 Å². The molecule has 0 aromatic heterocycles. The van der Waals surface area contributed by atoms with Gasteiger partial charge in [-0.05, 0) is 50.2 Å². The molecule has 6 nitrogen and oxygen atoms in total. The first-order valence-electron chi connectivity index (χ1n) is 9.06. The number of para-hydroxylation sites is 1. The fraction of sp³-hybridized carbons (Fsp3) is 0.350. The van der Waals surface area contributed by atoms with Gasteiger partial charge >= 0.3 is 0 Å². The van der Waals surface area contributed by atoms with Crippen molar-refractivity contribution in [3.05, 3.63) is 58.1 Å². The van der Waals surface area contributed by atoms with Crippen LogP contribution in [0.15, 0.2) is 41.3 Å². The van der Waals surface area contributed by atoms with Crippen molar-refractivity contribution in [1.29, 1.82) is 0 Å². The van der Waals surface area contributed by atoms with Gasteiger partial charge in [0.25, 0.3) is 5.91 Å². The number of amides is 1. The Morgan fingerprint density at radius 3 is 2.25 bits per heavy atom. The molecule has 0 bridgehead atoms. The molecule has 0 saturated carbocycles. The second kappa shape index (κ2) is 8.21. The van der Waals surface area contributed by atoms with Crippen molar-refractivity contribution in [2.75, 3.05) is 38.5 Å². The van der Waals surface area contributed by atoms with Crippen LogP contribution in [0.2, 0.25) is 5.02 Å². The lowest BCUT2D eigenvalue weighted by atomic mass is 10.1. The predicted molar refractivity (Wildman–Crippen MR) is 112 cm³/mol. The monoisotopic (exact) mass is 421 g/mol. The minimum Gasteiger partial charge on any atom is -0.322 e. The van der Waals surface area contributed by atoms with Gasteiger partial charge in [0.1, 0.15) is 4.90 Å². The summed E-state index contributed by atoms with van der Waals surface area (Å²) in [5, 5.41) is 2.99. The molecule has 1 aliphatic rings. The molecule has 1 N–H and O–H groups in total. The van der Waals surface area contributed by atoms with E-state index in [0.29, 0.717) is 26.2 Å². The molecule has 1 aliphatic heterocycles. The zero-order valence-corrected chi connectivity index (χ0v) is 17.8. The third-order valence-electron chi connectivity index (χ3n) is 4.99. The fourth-order valence-electron chi connectivity index (χ4n) is 3.21. The van der Waals surface area contributed by atoms with Crippen LogP contribution in [0.5, 0.6) is 0 Å². The van der Waals surface area contributed by atoms with Crippen LogP contribution in [0, 0.1) is 13.8 Å². The minimum atomic E-state index is -3.77. The molecule has 2 aromatic rings. The van der Waals surface area contributed by atoms with E-state index in [2.05, 4.69) is 10.2 Å². The number of halogens is 1. The normalized spacial score (nSPS) is 16.1. The molecule has 1 heterocycles. The molecule has 8 heteroatoms. The van der Waals surface area contributed by atoms with E-state index in [1.54, 1.807) is 0 Å². The van der Waals surface area contributed by atoms with E-state index in [1.807, 2.05) is 39.1 Å². The van der Waals surface area contributed by atoms with Crippen molar-refractivity contribution in [3.8, 4) is 0 Å². The van der Waals surface area contributed by atoms with Crippen LogP contribution in [-0.4, -0.2) is 56.8 Å². The quantitative estimate of drug-likeness (QED) is 0.823. The predicted octanol–water partition coefficient (Wildman–Crippen LogP) is 3.15. The number of carbonyl (C=O) groups is 1. The van der Waals surface area contributed by atoms with Crippen LogP contribution >= 0.6 is 11.6 Å². The Morgan fingerprint density at radius 1 is 1.04 bits per heavy atom. The highest BCUT2D eigenvalue weighted by molar-refractivity contribution is 7.89. The Labute approximate surface area is 171 Å². The lowest BCUT2D eigenvalue weighted by Gasteiger charge is -2.31. The number of sulfonamides is 1. The van der Waals surface area contributed by atoms with Gasteiger partial charge in [-0.2, -0.15) is 4.31 Å². The molecule has 0 atom stereocenters. The van der Waals surface area contributed by atoms with E-state index in [0.717, 1.165) is 16.8 Å². The van der Waals surface area contributed by atoms with E-state index in [9.17, 15) is 13.2 Å². The second-order valence-corrected chi connectivity index (χ2v) is 9.39. The smallest absolute Gasteiger partial charge is 0.255 e. The Morgan fingerprint density at radius 2 is 1.64 bits per heavy atom. The topological polar surface area (TPSA) is 69.7 Å². The molecule has 0 aliphatic carbocycles. The molecule has 0 radical (unpaired) electrons. The number of benzene rings is 2. The van der Waals surface area contributed by atoms with Gasteiger partial charge < -0.3 is 10.2 Å². The SMILES string of the molecule is Cc1cccc(C)c1NC(=O)c1ccc(Cl)c(S(=O)(=O)N2CCN(C)CC2)c1. The van der Waals surface area contributed by atoms with Crippen LogP contribution in [-0.2, 0) is 10.0 Å². The average Bonchev–Trinajstić information content (AvgIpc) is 2.65. The summed E-state index contributed by atoms with van der Waals surface area (Å²) in [6.45, 7) is 5.93. The van der Waals surface area contributed by atoms with Gasteiger partial charge in [-0.25, -0.2) is 8.42 Å². The number of rotatable bonds is 4. The minimum absolute atomic E-state index is 0.0344. The summed E-state index contributed by atoms with van der Waals surface area (Å²) in [5.74, 6) is -0.371. The first-order valence-corrected chi connectivity index (χ1v) is 10.9. The maximum atomic E-state index is 13.0. The van der Waals surface area contributed by atoms with Gasteiger partial charge in [-0.15, -0.1) is 0 Å². The van der Waals surface area contributed by atoms with Gasteiger partial charge in [-0.3, -0.25) is 4.79 Å². The lowest BCUT2D eigenvalue weighted by molar-refractivity contribution is 0.102. The molecule has 2 aromatic carbocycles. The molecule has 0 spiro atoms. The van der Waals surface area contributed by atoms with Crippen molar-refractivity contribution >= 4 is 33.2 Å². The number of piperazine rings is 1. The number of hydrogen-bond acceptors (Lipinski definition) is 4. The second-order valence-electron chi connectivity index (χ2n) is 7.07. The average molecular weight is 422 g/mol. The van der Waals surface area contributed by atoms with Gasteiger partial charge in [0.05, 0.1) is 5.02 Å². The van der Waals surface area contributed by atoms with E-state index in [1.165, 1.54) is 22.5 Å². The Balaban J connectivity index is 1.90. The van der Waals surface area contributed by atoms with Crippen molar-refractivity contribution < 1.29 is 13.2 Å². The van der Waals surface area contributed by atoms with Crippen molar-refractivity contribution in [1.82, 2.24) is 9.21 Å². The van der Waals surface area contributed by atoms with Gasteiger partial charge in [0.2, 0.25) is 10.0 Å². The number of aryl methyl sites for hydroxylation is 2. The van der Waals surface area contributed by atoms with E-state index >= 15 is 0 Å². The summed E-state index contributed by atoms with van der Waals surface area (Å²) in [6.07, 6.45) is 0. The molecule has 1 fully saturated rings. The van der Waals surface area contributed by atoms with E-state index < -0.39 is 10.0 Å². The number of anilines is 1. The molecular weight excluding hydrogens is 398 g/mol. The number of likely N-dealkylation sites (N-methyl/N-ethyl adjacent to an activating group) is 1. The number of hydrogen-bond donors (Lipinski definition) is 1. The molecular formula is C20H24ClN3O3S. The molecule has 0 unspecified atom stereocenters. The summed E-state index contributed by atoms with van der Waals surface area (Å²) >= 11 is 6.20. The number of nitrogens with zero attached hydrogens (tertiary/aromatic N) is 2. The van der Waals surface area contributed by atoms with Crippen molar-refractivity contribution in [2.45, 2.75) is 18.7 Å². The van der Waals surface area contributed by atoms with Crippen LogP contribution < -0.4 is 5.32 Å². The van der Waals surface area contributed by atoms with E-state index in [-0.39, 0.29) is 21.4 Å². The maximum Gasteiger partial charge on any atom is 0.255 e. The third-order valence-corrected chi connectivity index (χ3v) is 7.37. The molecule has 150 valence electrons. The molecule has 1 amide bonds. The first kappa shape index (κ1) is 20.8. The summed E-state index contributed by atoms with van der Waals surface area (Å²) in [5.41, 5.74) is 2.85. The van der Waals surface area contributed by atoms with Crippen LogP contribution in [0.1, 0.15) is 21.5 Å².